The van der Waals surface area contributed by atoms with Gasteiger partial charge in [-0.1, -0.05) is 6.07 Å². The van der Waals surface area contributed by atoms with E-state index in [1.807, 2.05) is 17.7 Å². The summed E-state index contributed by atoms with van der Waals surface area (Å²) >= 11 is 0. The first-order chi connectivity index (χ1) is 9.69. The second-order valence-electron chi connectivity index (χ2n) is 4.78. The fourth-order valence-electron chi connectivity index (χ4n) is 1.98. The normalized spacial score (nSPS) is 10.9. The number of aromatic nitrogens is 2. The van der Waals surface area contributed by atoms with Crippen molar-refractivity contribution in [2.45, 2.75) is 20.0 Å². The van der Waals surface area contributed by atoms with E-state index in [2.05, 4.69) is 10.3 Å². The van der Waals surface area contributed by atoms with Crippen LogP contribution in [0.2, 0.25) is 0 Å². The van der Waals surface area contributed by atoms with Gasteiger partial charge in [-0.05, 0) is 30.2 Å². The molecule has 0 saturated carbocycles. The number of nitrogens with zero attached hydrogens (tertiary/aromatic N) is 2. The van der Waals surface area contributed by atoms with Gasteiger partial charge in [-0.15, -0.1) is 0 Å². The van der Waals surface area contributed by atoms with Crippen LogP contribution < -0.4 is 5.32 Å². The molecular formula is C15H20FN3O. The average molecular weight is 277 g/mol. The third-order valence-electron chi connectivity index (χ3n) is 3.14. The zero-order valence-corrected chi connectivity index (χ0v) is 11.9. The van der Waals surface area contributed by atoms with Crippen molar-refractivity contribution in [3.8, 4) is 0 Å². The first-order valence-electron chi connectivity index (χ1n) is 6.64. The second-order valence-corrected chi connectivity index (χ2v) is 4.78. The van der Waals surface area contributed by atoms with E-state index >= 15 is 0 Å². The van der Waals surface area contributed by atoms with Crippen molar-refractivity contribution < 1.29 is 9.13 Å². The van der Waals surface area contributed by atoms with E-state index < -0.39 is 0 Å². The predicted molar refractivity (Wildman–Crippen MR) is 76.0 cm³/mol. The summed E-state index contributed by atoms with van der Waals surface area (Å²) in [6.07, 6.45) is 3.75. The number of rotatable bonds is 7. The zero-order chi connectivity index (χ0) is 14.4. The van der Waals surface area contributed by atoms with E-state index in [0.29, 0.717) is 19.7 Å². The van der Waals surface area contributed by atoms with Crippen LogP contribution in [0.5, 0.6) is 0 Å². The van der Waals surface area contributed by atoms with E-state index in [9.17, 15) is 4.39 Å². The molecule has 0 spiro atoms. The summed E-state index contributed by atoms with van der Waals surface area (Å²) in [6.45, 7) is 4.81. The second kappa shape index (κ2) is 7.17. The number of hydrogen-bond donors (Lipinski definition) is 1. The Morgan fingerprint density at radius 2 is 2.25 bits per heavy atom. The molecule has 0 fully saturated rings. The molecule has 0 aliphatic rings. The molecule has 0 unspecified atom stereocenters. The molecule has 5 heteroatoms. The number of aryl methyl sites for hydroxylation is 1. The summed E-state index contributed by atoms with van der Waals surface area (Å²) < 4.78 is 20.2. The number of methoxy groups -OCH3 is 1. The highest BCUT2D eigenvalue weighted by Crippen LogP contribution is 2.12. The fourth-order valence-corrected chi connectivity index (χ4v) is 1.98. The van der Waals surface area contributed by atoms with Crippen molar-refractivity contribution in [3.05, 3.63) is 53.4 Å². The van der Waals surface area contributed by atoms with E-state index in [4.69, 9.17) is 4.74 Å². The summed E-state index contributed by atoms with van der Waals surface area (Å²) in [5, 5.41) is 3.24. The number of imidazole rings is 1. The first kappa shape index (κ1) is 14.7. The van der Waals surface area contributed by atoms with Crippen LogP contribution in [0.25, 0.3) is 0 Å². The molecule has 0 radical (unpaired) electrons. The predicted octanol–water partition coefficient (Wildman–Crippen LogP) is 2.11. The minimum absolute atomic E-state index is 0.202. The van der Waals surface area contributed by atoms with Crippen LogP contribution in [0.15, 0.2) is 30.7 Å². The van der Waals surface area contributed by atoms with Crippen LogP contribution in [-0.2, 0) is 17.8 Å². The average Bonchev–Trinajstić information content (AvgIpc) is 2.87. The Labute approximate surface area is 118 Å². The van der Waals surface area contributed by atoms with Gasteiger partial charge in [0.2, 0.25) is 0 Å². The van der Waals surface area contributed by atoms with E-state index in [-0.39, 0.29) is 5.82 Å². The smallest absolute Gasteiger partial charge is 0.123 e. The van der Waals surface area contributed by atoms with Crippen molar-refractivity contribution in [1.29, 1.82) is 0 Å². The van der Waals surface area contributed by atoms with Crippen molar-refractivity contribution in [1.82, 2.24) is 14.9 Å². The molecule has 0 aliphatic heterocycles. The molecular weight excluding hydrogens is 257 g/mol. The highest BCUT2D eigenvalue weighted by molar-refractivity contribution is 5.26. The molecule has 1 aromatic heterocycles. The zero-order valence-electron chi connectivity index (χ0n) is 11.9. The summed E-state index contributed by atoms with van der Waals surface area (Å²) in [7, 11) is 1.68. The van der Waals surface area contributed by atoms with Gasteiger partial charge in [-0.25, -0.2) is 9.37 Å². The standard InChI is InChI=1S/C15H20FN3O/c1-12-3-4-14(16)7-13(12)9-19-10-15(18-11-19)8-17-5-6-20-2/h3-4,7,10-11,17H,5-6,8-9H2,1-2H3. The molecule has 108 valence electrons. The van der Waals surface area contributed by atoms with E-state index in [1.165, 1.54) is 6.07 Å². The molecule has 1 N–H and O–H groups in total. The lowest BCUT2D eigenvalue weighted by Crippen LogP contribution is -2.18. The number of halogens is 1. The van der Waals surface area contributed by atoms with Crippen molar-refractivity contribution in [2.75, 3.05) is 20.3 Å². The third kappa shape index (κ3) is 4.15. The van der Waals surface area contributed by atoms with Crippen LogP contribution >= 0.6 is 0 Å². The van der Waals surface area contributed by atoms with Gasteiger partial charge in [0, 0.05) is 32.9 Å². The van der Waals surface area contributed by atoms with Crippen molar-refractivity contribution in [2.24, 2.45) is 0 Å². The lowest BCUT2D eigenvalue weighted by molar-refractivity contribution is 0.199. The molecule has 0 bridgehead atoms. The number of ether oxygens (including phenoxy) is 1. The van der Waals surface area contributed by atoms with Crippen molar-refractivity contribution in [3.63, 3.8) is 0 Å². The molecule has 2 rings (SSSR count). The van der Waals surface area contributed by atoms with Gasteiger partial charge in [-0.2, -0.15) is 0 Å². The van der Waals surface area contributed by atoms with Gasteiger partial charge >= 0.3 is 0 Å². The quantitative estimate of drug-likeness (QED) is 0.788. The maximum Gasteiger partial charge on any atom is 0.123 e. The lowest BCUT2D eigenvalue weighted by Gasteiger charge is -2.06. The molecule has 2 aromatic rings. The fraction of sp³-hybridized carbons (Fsp3) is 0.400. The molecule has 1 aromatic carbocycles. The summed E-state index contributed by atoms with van der Waals surface area (Å²) in [5.41, 5.74) is 3.02. The third-order valence-corrected chi connectivity index (χ3v) is 3.14. The number of nitrogens with one attached hydrogen (secondary N) is 1. The van der Waals surface area contributed by atoms with E-state index in [0.717, 1.165) is 23.4 Å². The minimum atomic E-state index is -0.202. The highest BCUT2D eigenvalue weighted by atomic mass is 19.1. The maximum atomic E-state index is 13.2. The maximum absolute atomic E-state index is 13.2. The van der Waals surface area contributed by atoms with E-state index in [1.54, 1.807) is 25.6 Å². The molecule has 0 aliphatic carbocycles. The minimum Gasteiger partial charge on any atom is -0.383 e. The Balaban J connectivity index is 1.93. The molecule has 0 atom stereocenters. The largest absolute Gasteiger partial charge is 0.383 e. The molecule has 0 amide bonds. The Hall–Kier alpha value is -1.72. The van der Waals surface area contributed by atoms with Gasteiger partial charge in [-0.3, -0.25) is 0 Å². The lowest BCUT2D eigenvalue weighted by atomic mass is 10.1. The van der Waals surface area contributed by atoms with Crippen LogP contribution in [0, 0.1) is 12.7 Å². The van der Waals surface area contributed by atoms with Crippen LogP contribution in [-0.4, -0.2) is 29.8 Å². The molecule has 20 heavy (non-hydrogen) atoms. The highest BCUT2D eigenvalue weighted by Gasteiger charge is 2.03. The molecule has 1 heterocycles. The van der Waals surface area contributed by atoms with Crippen LogP contribution in [0.4, 0.5) is 4.39 Å². The van der Waals surface area contributed by atoms with Gasteiger partial charge in [0.25, 0.3) is 0 Å². The number of hydrogen-bond acceptors (Lipinski definition) is 3. The first-order valence-corrected chi connectivity index (χ1v) is 6.64. The number of benzene rings is 1. The Morgan fingerprint density at radius 1 is 1.40 bits per heavy atom. The Bertz CT molecular complexity index is 554. The van der Waals surface area contributed by atoms with Gasteiger partial charge < -0.3 is 14.6 Å². The topological polar surface area (TPSA) is 39.1 Å². The van der Waals surface area contributed by atoms with Crippen molar-refractivity contribution >= 4 is 0 Å². The summed E-state index contributed by atoms with van der Waals surface area (Å²) in [6, 6.07) is 4.86. The summed E-state index contributed by atoms with van der Waals surface area (Å²) in [5.74, 6) is -0.202. The van der Waals surface area contributed by atoms with Crippen LogP contribution in [0.1, 0.15) is 16.8 Å². The van der Waals surface area contributed by atoms with Gasteiger partial charge in [0.15, 0.2) is 0 Å². The SMILES string of the molecule is COCCNCc1cn(Cc2cc(F)ccc2C)cn1. The monoisotopic (exact) mass is 277 g/mol. The Morgan fingerprint density at radius 3 is 3.05 bits per heavy atom. The summed E-state index contributed by atoms with van der Waals surface area (Å²) in [4.78, 5) is 4.33. The molecule has 4 nitrogen and oxygen atoms in total. The Kier molecular flexibility index (Phi) is 5.26. The molecule has 0 saturated heterocycles. The van der Waals surface area contributed by atoms with Gasteiger partial charge in [0.05, 0.1) is 18.6 Å². The van der Waals surface area contributed by atoms with Gasteiger partial charge in [0.1, 0.15) is 5.82 Å². The van der Waals surface area contributed by atoms with Crippen LogP contribution in [0.3, 0.4) is 0 Å².